The first-order valence-corrected chi connectivity index (χ1v) is 9.37. The topological polar surface area (TPSA) is 41.6 Å². The molecule has 0 saturated heterocycles. The van der Waals surface area contributed by atoms with Gasteiger partial charge in [0.15, 0.2) is 0 Å². The molecule has 2 atom stereocenters. The molecule has 1 aliphatic heterocycles. The van der Waals surface area contributed by atoms with E-state index in [0.717, 1.165) is 17.7 Å². The predicted molar refractivity (Wildman–Crippen MR) is 105 cm³/mol. The Hall–Kier alpha value is -1.91. The number of halogens is 2. The van der Waals surface area contributed by atoms with E-state index < -0.39 is 0 Å². The third kappa shape index (κ3) is 4.25. The number of hydrogen-bond acceptors (Lipinski definition) is 2. The molecule has 6 heteroatoms. The number of para-hydroxylation sites is 1. The van der Waals surface area contributed by atoms with Crippen molar-refractivity contribution in [3.8, 4) is 5.75 Å². The molecule has 0 spiro atoms. The van der Waals surface area contributed by atoms with E-state index >= 15 is 0 Å². The van der Waals surface area contributed by atoms with Gasteiger partial charge in [-0.1, -0.05) is 47.5 Å². The SMILES string of the molecule is CC(c1ccc(Cl)cc1Cl)N(C)C(=O)NCC1COc2ccccc2C1. The number of benzene rings is 2. The maximum absolute atomic E-state index is 12.5. The van der Waals surface area contributed by atoms with Crippen LogP contribution in [0.5, 0.6) is 5.75 Å². The van der Waals surface area contributed by atoms with Crippen molar-refractivity contribution in [1.82, 2.24) is 10.2 Å². The Morgan fingerprint density at radius 1 is 1.31 bits per heavy atom. The van der Waals surface area contributed by atoms with Gasteiger partial charge in [0.25, 0.3) is 0 Å². The Kier molecular flexibility index (Phi) is 5.94. The Labute approximate surface area is 164 Å². The van der Waals surface area contributed by atoms with Gasteiger partial charge in [-0.3, -0.25) is 0 Å². The Morgan fingerprint density at radius 3 is 2.85 bits per heavy atom. The summed E-state index contributed by atoms with van der Waals surface area (Å²) in [4.78, 5) is 14.2. The lowest BCUT2D eigenvalue weighted by Gasteiger charge is -2.29. The number of nitrogens with zero attached hydrogens (tertiary/aromatic N) is 1. The summed E-state index contributed by atoms with van der Waals surface area (Å²) in [5.74, 6) is 1.20. The molecule has 1 N–H and O–H groups in total. The number of ether oxygens (including phenoxy) is 1. The standard InChI is InChI=1S/C20H22Cl2N2O2/c1-13(17-8-7-16(21)10-18(17)22)24(2)20(25)23-11-14-9-15-5-3-4-6-19(15)26-12-14/h3-8,10,13-14H,9,11-12H2,1-2H3,(H,23,25). The quantitative estimate of drug-likeness (QED) is 0.799. The van der Waals surface area contributed by atoms with Gasteiger partial charge in [-0.05, 0) is 42.7 Å². The van der Waals surface area contributed by atoms with E-state index in [-0.39, 0.29) is 18.0 Å². The second kappa shape index (κ2) is 8.19. The van der Waals surface area contributed by atoms with Crippen molar-refractivity contribution in [3.05, 3.63) is 63.6 Å². The van der Waals surface area contributed by atoms with E-state index in [1.807, 2.05) is 31.2 Å². The minimum absolute atomic E-state index is 0.137. The summed E-state index contributed by atoms with van der Waals surface area (Å²) in [5, 5.41) is 4.14. The van der Waals surface area contributed by atoms with Gasteiger partial charge in [0, 0.05) is 29.6 Å². The van der Waals surface area contributed by atoms with Gasteiger partial charge >= 0.3 is 6.03 Å². The molecule has 0 aromatic heterocycles. The normalized spacial score (nSPS) is 17.0. The Morgan fingerprint density at radius 2 is 2.08 bits per heavy atom. The Balaban J connectivity index is 1.56. The van der Waals surface area contributed by atoms with Crippen LogP contribution in [0, 0.1) is 5.92 Å². The number of hydrogen-bond donors (Lipinski definition) is 1. The van der Waals surface area contributed by atoms with E-state index in [1.165, 1.54) is 5.56 Å². The second-order valence-corrected chi connectivity index (χ2v) is 7.47. The zero-order chi connectivity index (χ0) is 18.7. The second-order valence-electron chi connectivity index (χ2n) is 6.63. The van der Waals surface area contributed by atoms with Gasteiger partial charge < -0.3 is 15.0 Å². The molecule has 0 fully saturated rings. The highest BCUT2D eigenvalue weighted by Crippen LogP contribution is 2.29. The summed E-state index contributed by atoms with van der Waals surface area (Å²) in [7, 11) is 1.76. The highest BCUT2D eigenvalue weighted by molar-refractivity contribution is 6.35. The van der Waals surface area contributed by atoms with Crippen molar-refractivity contribution in [2.24, 2.45) is 5.92 Å². The first-order valence-electron chi connectivity index (χ1n) is 8.62. The van der Waals surface area contributed by atoms with Gasteiger partial charge in [0.2, 0.25) is 0 Å². The number of urea groups is 1. The van der Waals surface area contributed by atoms with Gasteiger partial charge in [-0.2, -0.15) is 0 Å². The number of carbonyl (C=O) groups is 1. The fourth-order valence-corrected chi connectivity index (χ4v) is 3.67. The third-order valence-corrected chi connectivity index (χ3v) is 5.37. The highest BCUT2D eigenvalue weighted by Gasteiger charge is 2.23. The zero-order valence-electron chi connectivity index (χ0n) is 14.8. The lowest BCUT2D eigenvalue weighted by atomic mass is 9.97. The maximum Gasteiger partial charge on any atom is 0.317 e. The van der Waals surface area contributed by atoms with Gasteiger partial charge in [0.1, 0.15) is 5.75 Å². The van der Waals surface area contributed by atoms with E-state index in [4.69, 9.17) is 27.9 Å². The highest BCUT2D eigenvalue weighted by atomic mass is 35.5. The van der Waals surface area contributed by atoms with Gasteiger partial charge in [-0.25, -0.2) is 4.79 Å². The van der Waals surface area contributed by atoms with Gasteiger partial charge in [-0.15, -0.1) is 0 Å². The molecule has 26 heavy (non-hydrogen) atoms. The van der Waals surface area contributed by atoms with Crippen LogP contribution >= 0.6 is 23.2 Å². The first kappa shape index (κ1) is 18.9. The molecular formula is C20H22Cl2N2O2. The van der Waals surface area contributed by atoms with E-state index in [2.05, 4.69) is 11.4 Å². The van der Waals surface area contributed by atoms with Crippen LogP contribution in [-0.4, -0.2) is 31.1 Å². The summed E-state index contributed by atoms with van der Waals surface area (Å²) in [6.45, 7) is 3.12. The molecule has 1 aliphatic rings. The minimum Gasteiger partial charge on any atom is -0.493 e. The van der Waals surface area contributed by atoms with Crippen LogP contribution in [-0.2, 0) is 6.42 Å². The largest absolute Gasteiger partial charge is 0.493 e. The fourth-order valence-electron chi connectivity index (χ4n) is 3.10. The predicted octanol–water partition coefficient (Wildman–Crippen LogP) is 4.95. The van der Waals surface area contributed by atoms with Crippen LogP contribution in [0.1, 0.15) is 24.1 Å². The van der Waals surface area contributed by atoms with Crippen LogP contribution in [0.25, 0.3) is 0 Å². The third-order valence-electron chi connectivity index (χ3n) is 4.81. The monoisotopic (exact) mass is 392 g/mol. The summed E-state index contributed by atoms with van der Waals surface area (Å²) < 4.78 is 5.78. The van der Waals surface area contributed by atoms with Crippen LogP contribution in [0.3, 0.4) is 0 Å². The average molecular weight is 393 g/mol. The molecule has 2 aromatic rings. The van der Waals surface area contributed by atoms with Crippen molar-refractivity contribution in [3.63, 3.8) is 0 Å². The van der Waals surface area contributed by atoms with E-state index in [1.54, 1.807) is 24.1 Å². The molecule has 138 valence electrons. The lowest BCUT2D eigenvalue weighted by Crippen LogP contribution is -2.42. The smallest absolute Gasteiger partial charge is 0.317 e. The zero-order valence-corrected chi connectivity index (χ0v) is 16.3. The van der Waals surface area contributed by atoms with Crippen molar-refractivity contribution in [2.75, 3.05) is 20.2 Å². The van der Waals surface area contributed by atoms with Crippen molar-refractivity contribution in [2.45, 2.75) is 19.4 Å². The molecule has 2 unspecified atom stereocenters. The molecule has 0 saturated carbocycles. The number of fused-ring (bicyclic) bond motifs is 1. The molecule has 2 amide bonds. The number of rotatable bonds is 4. The fraction of sp³-hybridized carbons (Fsp3) is 0.350. The van der Waals surface area contributed by atoms with Crippen LogP contribution in [0.15, 0.2) is 42.5 Å². The van der Waals surface area contributed by atoms with Crippen molar-refractivity contribution < 1.29 is 9.53 Å². The molecule has 1 heterocycles. The Bertz CT molecular complexity index is 797. The van der Waals surface area contributed by atoms with Crippen LogP contribution in [0.2, 0.25) is 10.0 Å². The summed E-state index contributed by atoms with van der Waals surface area (Å²) in [6.07, 6.45) is 0.902. The molecule has 4 nitrogen and oxygen atoms in total. The minimum atomic E-state index is -0.164. The first-order chi connectivity index (χ1) is 12.5. The summed E-state index contributed by atoms with van der Waals surface area (Å²) in [5.41, 5.74) is 2.05. The molecule has 0 bridgehead atoms. The van der Waals surface area contributed by atoms with Gasteiger partial charge in [0.05, 0.1) is 12.6 Å². The van der Waals surface area contributed by atoms with Crippen LogP contribution in [0.4, 0.5) is 4.79 Å². The molecular weight excluding hydrogens is 371 g/mol. The molecule has 3 rings (SSSR count). The number of nitrogens with one attached hydrogen (secondary N) is 1. The molecule has 2 aromatic carbocycles. The van der Waals surface area contributed by atoms with Crippen molar-refractivity contribution in [1.29, 1.82) is 0 Å². The molecule has 0 aliphatic carbocycles. The number of amides is 2. The average Bonchev–Trinajstić information content (AvgIpc) is 2.64. The number of carbonyl (C=O) groups excluding carboxylic acids is 1. The van der Waals surface area contributed by atoms with E-state index in [0.29, 0.717) is 23.2 Å². The lowest BCUT2D eigenvalue weighted by molar-refractivity contribution is 0.183. The molecule has 0 radical (unpaired) electrons. The maximum atomic E-state index is 12.5. The van der Waals surface area contributed by atoms with Crippen molar-refractivity contribution >= 4 is 29.2 Å². The van der Waals surface area contributed by atoms with Crippen LogP contribution < -0.4 is 10.1 Å². The summed E-state index contributed by atoms with van der Waals surface area (Å²) in [6, 6.07) is 13.1. The summed E-state index contributed by atoms with van der Waals surface area (Å²) >= 11 is 12.2. The van der Waals surface area contributed by atoms with E-state index in [9.17, 15) is 4.79 Å².